The van der Waals surface area contributed by atoms with Crippen LogP contribution in [0.1, 0.15) is 11.1 Å². The van der Waals surface area contributed by atoms with Gasteiger partial charge in [-0.2, -0.15) is 0 Å². The van der Waals surface area contributed by atoms with E-state index in [1.165, 1.54) is 0 Å². The van der Waals surface area contributed by atoms with E-state index < -0.39 is 6.03 Å². The molecule has 1 aromatic heterocycles. The van der Waals surface area contributed by atoms with Crippen LogP contribution in [-0.2, 0) is 6.54 Å². The van der Waals surface area contributed by atoms with Gasteiger partial charge in [-0.25, -0.2) is 4.79 Å². The fourth-order valence-electron chi connectivity index (χ4n) is 2.48. The predicted molar refractivity (Wildman–Crippen MR) is 96.6 cm³/mol. The van der Waals surface area contributed by atoms with Crippen molar-refractivity contribution in [2.24, 2.45) is 0 Å². The van der Waals surface area contributed by atoms with Crippen molar-refractivity contribution in [3.63, 3.8) is 0 Å². The smallest absolute Gasteiger partial charge is 0.319 e. The van der Waals surface area contributed by atoms with Gasteiger partial charge in [0.1, 0.15) is 0 Å². The molecule has 0 unspecified atom stereocenters. The third kappa shape index (κ3) is 3.58. The fourth-order valence-corrected chi connectivity index (χ4v) is 2.67. The van der Waals surface area contributed by atoms with Crippen molar-refractivity contribution in [3.05, 3.63) is 75.0 Å². The number of hydrogen-bond acceptors (Lipinski definition) is 2. The van der Waals surface area contributed by atoms with Gasteiger partial charge in [-0.1, -0.05) is 35.9 Å². The summed E-state index contributed by atoms with van der Waals surface area (Å²) in [5, 5.41) is 6.81. The van der Waals surface area contributed by atoms with Gasteiger partial charge >= 0.3 is 6.03 Å². The molecule has 0 fully saturated rings. The van der Waals surface area contributed by atoms with E-state index in [2.05, 4.69) is 15.6 Å². The SMILES string of the molecule is Cc1cccc2cc(CNC(=O)Nc3cccc(Cl)c3)c(=O)[nH]c12. The van der Waals surface area contributed by atoms with Gasteiger partial charge in [0, 0.05) is 22.8 Å². The lowest BCUT2D eigenvalue weighted by Crippen LogP contribution is -2.30. The highest BCUT2D eigenvalue weighted by molar-refractivity contribution is 6.30. The van der Waals surface area contributed by atoms with Crippen LogP contribution in [0.4, 0.5) is 10.5 Å². The largest absolute Gasteiger partial charge is 0.334 e. The number of carbonyl (C=O) groups excluding carboxylic acids is 1. The van der Waals surface area contributed by atoms with E-state index in [4.69, 9.17) is 11.6 Å². The van der Waals surface area contributed by atoms with Crippen molar-refractivity contribution < 1.29 is 4.79 Å². The number of aryl methyl sites for hydroxylation is 1. The molecule has 0 bridgehead atoms. The van der Waals surface area contributed by atoms with Crippen LogP contribution in [0.2, 0.25) is 5.02 Å². The zero-order valence-corrected chi connectivity index (χ0v) is 13.8. The number of aromatic amines is 1. The maximum absolute atomic E-state index is 12.2. The van der Waals surface area contributed by atoms with Gasteiger partial charge in [-0.05, 0) is 42.1 Å². The molecule has 0 aliphatic carbocycles. The first-order valence-electron chi connectivity index (χ1n) is 7.45. The summed E-state index contributed by atoms with van der Waals surface area (Å²) >= 11 is 5.87. The molecule has 1 heterocycles. The molecule has 0 atom stereocenters. The number of urea groups is 1. The van der Waals surface area contributed by atoms with E-state index in [0.717, 1.165) is 16.5 Å². The van der Waals surface area contributed by atoms with Gasteiger partial charge in [0.05, 0.1) is 5.52 Å². The number of carbonyl (C=O) groups is 1. The molecule has 6 heteroatoms. The second-order valence-corrected chi connectivity index (χ2v) is 5.92. The quantitative estimate of drug-likeness (QED) is 0.677. The number of para-hydroxylation sites is 1. The first-order valence-corrected chi connectivity index (χ1v) is 7.83. The third-order valence-corrected chi connectivity index (χ3v) is 3.92. The molecule has 2 amide bonds. The maximum Gasteiger partial charge on any atom is 0.319 e. The average molecular weight is 342 g/mol. The van der Waals surface area contributed by atoms with E-state index in [1.54, 1.807) is 30.3 Å². The number of pyridine rings is 1. The molecule has 0 aliphatic rings. The summed E-state index contributed by atoms with van der Waals surface area (Å²) in [6.45, 7) is 2.07. The van der Waals surface area contributed by atoms with Crippen LogP contribution < -0.4 is 16.2 Å². The molecule has 3 rings (SSSR count). The van der Waals surface area contributed by atoms with Gasteiger partial charge in [0.15, 0.2) is 0 Å². The highest BCUT2D eigenvalue weighted by atomic mass is 35.5. The molecule has 0 radical (unpaired) electrons. The number of H-pyrrole nitrogens is 1. The standard InChI is InChI=1S/C18H16ClN3O2/c1-11-4-2-5-12-8-13(17(23)22-16(11)12)10-20-18(24)21-15-7-3-6-14(19)9-15/h2-9H,10H2,1H3,(H,22,23)(H2,20,21,24). The summed E-state index contributed by atoms with van der Waals surface area (Å²) in [5.41, 5.74) is 2.69. The number of nitrogens with one attached hydrogen (secondary N) is 3. The minimum atomic E-state index is -0.402. The topological polar surface area (TPSA) is 74.0 Å². The van der Waals surface area contributed by atoms with Gasteiger partial charge in [-0.15, -0.1) is 0 Å². The van der Waals surface area contributed by atoms with Crippen LogP contribution in [-0.4, -0.2) is 11.0 Å². The first kappa shape index (κ1) is 16.1. The van der Waals surface area contributed by atoms with Crippen molar-refractivity contribution in [2.75, 3.05) is 5.32 Å². The Morgan fingerprint density at radius 3 is 2.75 bits per heavy atom. The number of rotatable bonds is 3. The Morgan fingerprint density at radius 2 is 1.96 bits per heavy atom. The van der Waals surface area contributed by atoms with Crippen LogP contribution >= 0.6 is 11.6 Å². The van der Waals surface area contributed by atoms with Crippen molar-refractivity contribution in [1.29, 1.82) is 0 Å². The predicted octanol–water partition coefficient (Wildman–Crippen LogP) is 3.81. The Balaban J connectivity index is 1.72. The molecular formula is C18H16ClN3O2. The van der Waals surface area contributed by atoms with Gasteiger partial charge in [0.25, 0.3) is 5.56 Å². The number of aromatic nitrogens is 1. The number of hydrogen-bond donors (Lipinski definition) is 3. The Kier molecular flexibility index (Phi) is 4.53. The van der Waals surface area contributed by atoms with Gasteiger partial charge < -0.3 is 15.6 Å². The minimum Gasteiger partial charge on any atom is -0.334 e. The van der Waals surface area contributed by atoms with Crippen LogP contribution in [0.5, 0.6) is 0 Å². The van der Waals surface area contributed by atoms with Crippen molar-refractivity contribution in [2.45, 2.75) is 13.5 Å². The lowest BCUT2D eigenvalue weighted by atomic mass is 10.1. The summed E-state index contributed by atoms with van der Waals surface area (Å²) in [5.74, 6) is 0. The number of halogens is 1. The van der Waals surface area contributed by atoms with Crippen molar-refractivity contribution >= 4 is 34.2 Å². The van der Waals surface area contributed by atoms with Crippen LogP contribution in [0, 0.1) is 6.92 Å². The third-order valence-electron chi connectivity index (χ3n) is 3.69. The fraction of sp³-hybridized carbons (Fsp3) is 0.111. The number of anilines is 1. The summed E-state index contributed by atoms with van der Waals surface area (Å²) in [6, 6.07) is 14.0. The van der Waals surface area contributed by atoms with Gasteiger partial charge in [0.2, 0.25) is 0 Å². The summed E-state index contributed by atoms with van der Waals surface area (Å²) < 4.78 is 0. The molecular weight excluding hydrogens is 326 g/mol. The monoisotopic (exact) mass is 341 g/mol. The van der Waals surface area contributed by atoms with E-state index in [-0.39, 0.29) is 12.1 Å². The number of amides is 2. The molecule has 0 saturated carbocycles. The second-order valence-electron chi connectivity index (χ2n) is 5.48. The van der Waals surface area contributed by atoms with E-state index in [0.29, 0.717) is 16.3 Å². The van der Waals surface area contributed by atoms with E-state index in [1.807, 2.05) is 25.1 Å². The molecule has 5 nitrogen and oxygen atoms in total. The zero-order valence-electron chi connectivity index (χ0n) is 13.0. The summed E-state index contributed by atoms with van der Waals surface area (Å²) in [7, 11) is 0. The molecule has 0 aliphatic heterocycles. The van der Waals surface area contributed by atoms with Gasteiger partial charge in [-0.3, -0.25) is 4.79 Å². The van der Waals surface area contributed by atoms with Crippen LogP contribution in [0.15, 0.2) is 53.3 Å². The highest BCUT2D eigenvalue weighted by Crippen LogP contribution is 2.16. The van der Waals surface area contributed by atoms with Crippen molar-refractivity contribution in [1.82, 2.24) is 10.3 Å². The maximum atomic E-state index is 12.2. The summed E-state index contributed by atoms with van der Waals surface area (Å²) in [4.78, 5) is 27.0. The van der Waals surface area contributed by atoms with Crippen LogP contribution in [0.25, 0.3) is 10.9 Å². The van der Waals surface area contributed by atoms with E-state index >= 15 is 0 Å². The zero-order chi connectivity index (χ0) is 17.1. The lowest BCUT2D eigenvalue weighted by Gasteiger charge is -2.09. The Morgan fingerprint density at radius 1 is 1.17 bits per heavy atom. The minimum absolute atomic E-state index is 0.131. The molecule has 24 heavy (non-hydrogen) atoms. The van der Waals surface area contributed by atoms with E-state index in [9.17, 15) is 9.59 Å². The number of fused-ring (bicyclic) bond motifs is 1. The molecule has 2 aromatic carbocycles. The molecule has 3 aromatic rings. The molecule has 122 valence electrons. The number of benzene rings is 2. The van der Waals surface area contributed by atoms with Crippen LogP contribution in [0.3, 0.4) is 0 Å². The van der Waals surface area contributed by atoms with Crippen molar-refractivity contribution in [3.8, 4) is 0 Å². The normalized spacial score (nSPS) is 10.6. The Hall–Kier alpha value is -2.79. The first-order chi connectivity index (χ1) is 11.5. The second kappa shape index (κ2) is 6.76. The highest BCUT2D eigenvalue weighted by Gasteiger charge is 2.07. The average Bonchev–Trinajstić information content (AvgIpc) is 2.54. The lowest BCUT2D eigenvalue weighted by molar-refractivity contribution is 0.251. The molecule has 0 saturated heterocycles. The Labute approximate surface area is 143 Å². The summed E-state index contributed by atoms with van der Waals surface area (Å²) in [6.07, 6.45) is 0. The molecule has 3 N–H and O–H groups in total. The molecule has 0 spiro atoms. The Bertz CT molecular complexity index is 966.